The first-order valence-corrected chi connectivity index (χ1v) is 12.5. The number of rotatable bonds is 10. The van der Waals surface area contributed by atoms with Gasteiger partial charge in [-0.3, -0.25) is 0 Å². The molecule has 0 atom stereocenters. The predicted molar refractivity (Wildman–Crippen MR) is 135 cm³/mol. The Morgan fingerprint density at radius 2 is 1.54 bits per heavy atom. The van der Waals surface area contributed by atoms with E-state index in [9.17, 15) is 17.6 Å². The molecule has 3 nitrogen and oxygen atoms in total. The largest absolute Gasteiger partial charge is 0.494 e. The second-order valence-electron chi connectivity index (χ2n) is 9.02. The molecule has 37 heavy (non-hydrogen) atoms. The van der Waals surface area contributed by atoms with Crippen LogP contribution in [0, 0.1) is 23.3 Å². The second-order valence-corrected chi connectivity index (χ2v) is 9.02. The van der Waals surface area contributed by atoms with Gasteiger partial charge in [-0.15, -0.1) is 0 Å². The van der Waals surface area contributed by atoms with Crippen molar-refractivity contribution in [3.05, 3.63) is 95.6 Å². The monoisotopic (exact) mass is 514 g/mol. The Morgan fingerprint density at radius 1 is 0.811 bits per heavy atom. The molecule has 0 bridgehead atoms. The average Bonchev–Trinajstić information content (AvgIpc) is 2.92. The summed E-state index contributed by atoms with van der Waals surface area (Å²) in [7, 11) is 0. The molecule has 1 aliphatic rings. The van der Waals surface area contributed by atoms with Gasteiger partial charge in [-0.25, -0.2) is 13.2 Å². The van der Waals surface area contributed by atoms with Crippen LogP contribution in [0.2, 0.25) is 0 Å². The summed E-state index contributed by atoms with van der Waals surface area (Å²) in [5.74, 6) is -3.37. The average molecular weight is 515 g/mol. The van der Waals surface area contributed by atoms with Gasteiger partial charge in [0.25, 0.3) is 0 Å². The minimum Gasteiger partial charge on any atom is -0.494 e. The van der Waals surface area contributed by atoms with Gasteiger partial charge in [0, 0.05) is 11.1 Å². The Bertz CT molecular complexity index is 1220. The van der Waals surface area contributed by atoms with Crippen molar-refractivity contribution < 1.29 is 31.8 Å². The third kappa shape index (κ3) is 6.16. The lowest BCUT2D eigenvalue weighted by atomic mass is 9.82. The fourth-order valence-corrected chi connectivity index (χ4v) is 4.69. The van der Waals surface area contributed by atoms with E-state index in [4.69, 9.17) is 14.2 Å². The summed E-state index contributed by atoms with van der Waals surface area (Å²) >= 11 is 0. The minimum atomic E-state index is -0.996. The Morgan fingerprint density at radius 3 is 2.22 bits per heavy atom. The molecule has 4 rings (SSSR count). The summed E-state index contributed by atoms with van der Waals surface area (Å²) in [5, 5.41) is 0. The predicted octanol–water partition coefficient (Wildman–Crippen LogP) is 8.12. The van der Waals surface area contributed by atoms with Crippen LogP contribution in [0.3, 0.4) is 0 Å². The van der Waals surface area contributed by atoms with Crippen LogP contribution in [0.1, 0.15) is 49.7 Å². The van der Waals surface area contributed by atoms with Gasteiger partial charge in [-0.05, 0) is 67.9 Å². The summed E-state index contributed by atoms with van der Waals surface area (Å²) in [6, 6.07) is 12.9. The molecule has 0 aliphatic heterocycles. The minimum absolute atomic E-state index is 0.0695. The van der Waals surface area contributed by atoms with Crippen LogP contribution < -0.4 is 9.47 Å². The highest BCUT2D eigenvalue weighted by Gasteiger charge is 2.27. The summed E-state index contributed by atoms with van der Waals surface area (Å²) in [5.41, 5.74) is 1.17. The third-order valence-electron chi connectivity index (χ3n) is 6.66. The molecule has 7 heteroatoms. The number of halogens is 4. The number of ether oxygens (including phenoxy) is 3. The highest BCUT2D eigenvalue weighted by molar-refractivity contribution is 5.65. The zero-order chi connectivity index (χ0) is 26.4. The highest BCUT2D eigenvalue weighted by Crippen LogP contribution is 2.38. The Kier molecular flexibility index (Phi) is 8.87. The van der Waals surface area contributed by atoms with Crippen molar-refractivity contribution in [3.63, 3.8) is 0 Å². The van der Waals surface area contributed by atoms with Crippen molar-refractivity contribution in [2.45, 2.75) is 51.2 Å². The first-order valence-electron chi connectivity index (χ1n) is 12.5. The van der Waals surface area contributed by atoms with Gasteiger partial charge in [0.1, 0.15) is 12.4 Å². The molecule has 1 fully saturated rings. The molecule has 1 aliphatic carbocycles. The molecule has 3 aromatic carbocycles. The topological polar surface area (TPSA) is 27.7 Å². The molecule has 3 aromatic rings. The maximum absolute atomic E-state index is 14.8. The van der Waals surface area contributed by atoms with Gasteiger partial charge < -0.3 is 14.2 Å². The molecule has 0 unspecified atom stereocenters. The van der Waals surface area contributed by atoms with E-state index < -0.39 is 23.3 Å². The summed E-state index contributed by atoms with van der Waals surface area (Å²) in [4.78, 5) is 0. The first-order chi connectivity index (χ1) is 17.9. The maximum atomic E-state index is 14.8. The van der Waals surface area contributed by atoms with Crippen molar-refractivity contribution in [2.75, 3.05) is 13.2 Å². The summed E-state index contributed by atoms with van der Waals surface area (Å²) < 4.78 is 75.0. The van der Waals surface area contributed by atoms with Crippen LogP contribution in [0.25, 0.3) is 11.1 Å². The van der Waals surface area contributed by atoms with Crippen molar-refractivity contribution in [3.8, 4) is 22.6 Å². The van der Waals surface area contributed by atoms with Crippen molar-refractivity contribution in [2.24, 2.45) is 0 Å². The number of hydrogen-bond acceptors (Lipinski definition) is 3. The van der Waals surface area contributed by atoms with Crippen LogP contribution >= 0.6 is 0 Å². The van der Waals surface area contributed by atoms with Gasteiger partial charge in [0.05, 0.1) is 19.3 Å². The van der Waals surface area contributed by atoms with Gasteiger partial charge >= 0.3 is 0 Å². The molecule has 0 amide bonds. The van der Waals surface area contributed by atoms with E-state index in [-0.39, 0.29) is 42.1 Å². The molecule has 0 spiro atoms. The van der Waals surface area contributed by atoms with Crippen molar-refractivity contribution in [1.29, 1.82) is 0 Å². The normalized spacial score (nSPS) is 17.4. The fraction of sp³-hybridized carbons (Fsp3) is 0.333. The maximum Gasteiger partial charge on any atom is 0.200 e. The highest BCUT2D eigenvalue weighted by atomic mass is 19.2. The van der Waals surface area contributed by atoms with Gasteiger partial charge in [-0.1, -0.05) is 43.0 Å². The lowest BCUT2D eigenvalue weighted by molar-refractivity contribution is 0.0116. The van der Waals surface area contributed by atoms with Crippen LogP contribution in [0.4, 0.5) is 17.6 Å². The lowest BCUT2D eigenvalue weighted by Crippen LogP contribution is -2.21. The Labute approximate surface area is 214 Å². The van der Waals surface area contributed by atoms with Crippen LogP contribution in [-0.4, -0.2) is 19.3 Å². The summed E-state index contributed by atoms with van der Waals surface area (Å²) in [6.45, 7) is 5.91. The van der Waals surface area contributed by atoms with E-state index in [1.807, 2.05) is 6.92 Å². The van der Waals surface area contributed by atoms with Gasteiger partial charge in [0.2, 0.25) is 5.82 Å². The van der Waals surface area contributed by atoms with E-state index in [1.54, 1.807) is 36.4 Å². The quantitative estimate of drug-likeness (QED) is 0.202. The lowest BCUT2D eigenvalue weighted by Gasteiger charge is -2.29. The fourth-order valence-electron chi connectivity index (χ4n) is 4.69. The summed E-state index contributed by atoms with van der Waals surface area (Å²) in [6.07, 6.45) is 3.70. The molecule has 0 radical (unpaired) electrons. The standard InChI is InChI=1S/C30H30F4O3/c1-3-17-36-26-16-15-25(29(33)30(26)34)20-7-12-23(13-8-20)37-18-21-9-14-24(28(32)27(21)31)19-5-10-22(11-6-19)35-4-2/h3,5-6,9-11,14-16,20,23H,1,4,7-8,12-13,17-18H2,2H3. The van der Waals surface area contributed by atoms with Crippen LogP contribution in [-0.2, 0) is 11.3 Å². The smallest absolute Gasteiger partial charge is 0.200 e. The molecule has 1 saturated carbocycles. The Balaban J connectivity index is 1.34. The zero-order valence-electron chi connectivity index (χ0n) is 20.7. The molecule has 0 heterocycles. The van der Waals surface area contributed by atoms with Gasteiger partial charge in [-0.2, -0.15) is 4.39 Å². The van der Waals surface area contributed by atoms with Crippen molar-refractivity contribution in [1.82, 2.24) is 0 Å². The van der Waals surface area contributed by atoms with E-state index in [2.05, 4.69) is 6.58 Å². The molecular formula is C30H30F4O3. The first kappa shape index (κ1) is 26.7. The van der Waals surface area contributed by atoms with E-state index in [0.717, 1.165) is 0 Å². The number of benzene rings is 3. The van der Waals surface area contributed by atoms with E-state index >= 15 is 0 Å². The van der Waals surface area contributed by atoms with Crippen LogP contribution in [0.15, 0.2) is 61.2 Å². The molecule has 0 aromatic heterocycles. The molecule has 0 saturated heterocycles. The van der Waals surface area contributed by atoms with Crippen molar-refractivity contribution >= 4 is 0 Å². The third-order valence-corrected chi connectivity index (χ3v) is 6.66. The molecule has 0 N–H and O–H groups in total. The Hall–Kier alpha value is -3.32. The van der Waals surface area contributed by atoms with Crippen LogP contribution in [0.5, 0.6) is 11.5 Å². The zero-order valence-corrected chi connectivity index (χ0v) is 20.7. The molecule has 196 valence electrons. The molecular weight excluding hydrogens is 484 g/mol. The van der Waals surface area contributed by atoms with E-state index in [1.165, 1.54) is 18.2 Å². The van der Waals surface area contributed by atoms with Gasteiger partial charge in [0.15, 0.2) is 23.2 Å². The van der Waals surface area contributed by atoms with E-state index in [0.29, 0.717) is 49.2 Å². The number of hydrogen-bond donors (Lipinski definition) is 0. The SMILES string of the molecule is C=CCOc1ccc(C2CCC(OCc3ccc(-c4ccc(OCC)cc4)c(F)c3F)CC2)c(F)c1F. The second kappa shape index (κ2) is 12.3.